The van der Waals surface area contributed by atoms with Crippen LogP contribution in [0, 0.1) is 0 Å². The largest absolute Gasteiger partial charge is 0.497 e. The lowest BCUT2D eigenvalue weighted by molar-refractivity contribution is 0.230. The van der Waals surface area contributed by atoms with Gasteiger partial charge in [0.25, 0.3) is 0 Å². The molecule has 2 aromatic heterocycles. The zero-order valence-electron chi connectivity index (χ0n) is 14.9. The van der Waals surface area contributed by atoms with Crippen molar-refractivity contribution >= 4 is 24.4 Å². The van der Waals surface area contributed by atoms with E-state index in [1.807, 2.05) is 24.3 Å². The Morgan fingerprint density at radius 2 is 1.81 bits per heavy atom. The minimum absolute atomic E-state index is 0.238. The molecule has 0 amide bonds. The van der Waals surface area contributed by atoms with Gasteiger partial charge in [-0.2, -0.15) is 9.61 Å². The summed E-state index contributed by atoms with van der Waals surface area (Å²) in [7, 11) is -1.93. The van der Waals surface area contributed by atoms with Gasteiger partial charge in [-0.1, -0.05) is 0 Å². The van der Waals surface area contributed by atoms with Gasteiger partial charge in [0.1, 0.15) is 16.9 Å². The van der Waals surface area contributed by atoms with E-state index in [4.69, 9.17) is 19.5 Å². The van der Waals surface area contributed by atoms with Gasteiger partial charge in [-0.15, -0.1) is 0 Å². The third-order valence-corrected chi connectivity index (χ3v) is 5.86. The third-order valence-electron chi connectivity index (χ3n) is 3.76. The summed E-state index contributed by atoms with van der Waals surface area (Å²) < 4.78 is 30.6. The lowest BCUT2D eigenvalue weighted by Crippen LogP contribution is -2.12. The molecule has 0 atom stereocenters. The van der Waals surface area contributed by atoms with Crippen molar-refractivity contribution in [2.45, 2.75) is 13.8 Å². The molecule has 8 nitrogen and oxygen atoms in total. The number of anilines is 1. The molecule has 2 heterocycles. The van der Waals surface area contributed by atoms with E-state index in [1.54, 1.807) is 27.0 Å². The number of nitrogens with two attached hydrogens (primary N) is 1. The molecule has 0 aliphatic heterocycles. The number of nitrogens with zero attached hydrogens (tertiary/aromatic N) is 3. The number of nitrogen functional groups attached to an aromatic ring is 1. The fourth-order valence-corrected chi connectivity index (χ4v) is 4.21. The highest BCUT2D eigenvalue weighted by molar-refractivity contribution is 7.62. The van der Waals surface area contributed by atoms with Gasteiger partial charge in [-0.25, -0.2) is 4.98 Å². The first-order valence-electron chi connectivity index (χ1n) is 8.20. The quantitative estimate of drug-likeness (QED) is 0.633. The van der Waals surface area contributed by atoms with Crippen molar-refractivity contribution in [3.8, 4) is 17.0 Å². The third kappa shape index (κ3) is 3.31. The molecule has 0 bridgehead atoms. The van der Waals surface area contributed by atoms with Crippen molar-refractivity contribution in [2.24, 2.45) is 0 Å². The van der Waals surface area contributed by atoms with Crippen LogP contribution >= 0.6 is 7.60 Å². The highest BCUT2D eigenvalue weighted by Gasteiger charge is 2.32. The predicted molar refractivity (Wildman–Crippen MR) is 99.9 cm³/mol. The number of hydrogen-bond donors (Lipinski definition) is 1. The van der Waals surface area contributed by atoms with Gasteiger partial charge in [0.05, 0.1) is 32.2 Å². The topological polar surface area (TPSA) is 101 Å². The molecule has 3 rings (SSSR count). The summed E-state index contributed by atoms with van der Waals surface area (Å²) >= 11 is 0. The van der Waals surface area contributed by atoms with Crippen LogP contribution in [0.25, 0.3) is 16.9 Å². The minimum atomic E-state index is -3.53. The Kier molecular flexibility index (Phi) is 5.27. The molecule has 138 valence electrons. The molecule has 26 heavy (non-hydrogen) atoms. The highest BCUT2D eigenvalue weighted by Crippen LogP contribution is 2.47. The number of methoxy groups -OCH3 is 1. The summed E-state index contributed by atoms with van der Waals surface area (Å²) in [6.45, 7) is 3.98. The lowest BCUT2D eigenvalue weighted by atomic mass is 10.1. The van der Waals surface area contributed by atoms with Crippen LogP contribution in [0.15, 0.2) is 36.5 Å². The molecule has 1 aromatic carbocycles. The van der Waals surface area contributed by atoms with Crippen LogP contribution < -0.4 is 15.8 Å². The second-order valence-corrected chi connectivity index (χ2v) is 7.39. The van der Waals surface area contributed by atoms with Gasteiger partial charge in [0.2, 0.25) is 0 Å². The van der Waals surface area contributed by atoms with E-state index in [0.717, 1.165) is 11.3 Å². The fraction of sp³-hybridized carbons (Fsp3) is 0.294. The van der Waals surface area contributed by atoms with E-state index in [0.29, 0.717) is 22.5 Å². The van der Waals surface area contributed by atoms with Crippen LogP contribution in [0.5, 0.6) is 5.75 Å². The highest BCUT2D eigenvalue weighted by atomic mass is 31.2. The van der Waals surface area contributed by atoms with E-state index in [9.17, 15) is 4.57 Å². The molecule has 0 saturated carbocycles. The van der Waals surface area contributed by atoms with E-state index in [2.05, 4.69) is 10.1 Å². The summed E-state index contributed by atoms with van der Waals surface area (Å²) in [5.74, 6) is 1.11. The molecule has 0 aliphatic carbocycles. The Morgan fingerprint density at radius 3 is 2.38 bits per heavy atom. The van der Waals surface area contributed by atoms with Gasteiger partial charge >= 0.3 is 7.60 Å². The maximum atomic E-state index is 13.1. The van der Waals surface area contributed by atoms with Gasteiger partial charge < -0.3 is 19.5 Å². The zero-order chi connectivity index (χ0) is 18.7. The van der Waals surface area contributed by atoms with Crippen LogP contribution in [0.2, 0.25) is 0 Å². The first kappa shape index (κ1) is 18.4. The standard InChI is InChI=1S/C17H21N4O4P/c1-4-24-26(22,25-5-2)15-11-19-21-16(18)10-14(20-17(15)21)12-6-8-13(23-3)9-7-12/h6-11H,4-5,18H2,1-3H3. The summed E-state index contributed by atoms with van der Waals surface area (Å²) in [6.07, 6.45) is 1.43. The average Bonchev–Trinajstić information content (AvgIpc) is 3.07. The van der Waals surface area contributed by atoms with Crippen molar-refractivity contribution in [1.82, 2.24) is 14.6 Å². The molecule has 9 heteroatoms. The first-order valence-corrected chi connectivity index (χ1v) is 9.75. The van der Waals surface area contributed by atoms with E-state index < -0.39 is 7.60 Å². The molecule has 3 aromatic rings. The number of ether oxygens (including phenoxy) is 1. The second-order valence-electron chi connectivity index (χ2n) is 5.39. The second kappa shape index (κ2) is 7.45. The number of rotatable bonds is 7. The number of benzene rings is 1. The maximum absolute atomic E-state index is 13.1. The van der Waals surface area contributed by atoms with Crippen LogP contribution in [0.3, 0.4) is 0 Å². The maximum Gasteiger partial charge on any atom is 0.366 e. The molecule has 0 aliphatic rings. The molecule has 0 saturated heterocycles. The molecule has 2 N–H and O–H groups in total. The SMILES string of the molecule is CCOP(=O)(OCC)c1cnn2c(N)cc(-c3ccc(OC)cc3)nc12. The molecule has 0 radical (unpaired) electrons. The molecule has 0 fully saturated rings. The smallest absolute Gasteiger partial charge is 0.366 e. The minimum Gasteiger partial charge on any atom is -0.497 e. The van der Waals surface area contributed by atoms with E-state index in [1.165, 1.54) is 10.7 Å². The average molecular weight is 376 g/mol. The molecular weight excluding hydrogens is 355 g/mol. The molecular formula is C17H21N4O4P. The monoisotopic (exact) mass is 376 g/mol. The molecule has 0 spiro atoms. The van der Waals surface area contributed by atoms with Crippen LogP contribution in [-0.2, 0) is 13.6 Å². The normalized spacial score (nSPS) is 11.8. The summed E-state index contributed by atoms with van der Waals surface area (Å²) in [4.78, 5) is 4.60. The number of hydrogen-bond acceptors (Lipinski definition) is 7. The Balaban J connectivity index is 2.15. The van der Waals surface area contributed by atoms with Crippen molar-refractivity contribution in [2.75, 3.05) is 26.1 Å². The van der Waals surface area contributed by atoms with Crippen molar-refractivity contribution in [3.63, 3.8) is 0 Å². The fourth-order valence-electron chi connectivity index (χ4n) is 2.59. The first-order chi connectivity index (χ1) is 12.5. The van der Waals surface area contributed by atoms with Gasteiger partial charge in [0.15, 0.2) is 5.65 Å². The van der Waals surface area contributed by atoms with Crippen LogP contribution in [0.4, 0.5) is 5.82 Å². The summed E-state index contributed by atoms with van der Waals surface area (Å²) in [5.41, 5.74) is 7.93. The van der Waals surface area contributed by atoms with Crippen molar-refractivity contribution < 1.29 is 18.3 Å². The van der Waals surface area contributed by atoms with Gasteiger partial charge in [-0.05, 0) is 38.1 Å². The Hall–Kier alpha value is -2.41. The van der Waals surface area contributed by atoms with E-state index >= 15 is 0 Å². The van der Waals surface area contributed by atoms with Crippen LogP contribution in [-0.4, -0.2) is 34.9 Å². The zero-order valence-corrected chi connectivity index (χ0v) is 15.8. The van der Waals surface area contributed by atoms with Gasteiger partial charge in [-0.3, -0.25) is 4.57 Å². The van der Waals surface area contributed by atoms with Gasteiger partial charge in [0, 0.05) is 11.6 Å². The van der Waals surface area contributed by atoms with E-state index in [-0.39, 0.29) is 13.2 Å². The summed E-state index contributed by atoms with van der Waals surface area (Å²) in [5, 5.41) is 4.48. The van der Waals surface area contributed by atoms with Crippen molar-refractivity contribution in [3.05, 3.63) is 36.5 Å². The van der Waals surface area contributed by atoms with Crippen molar-refractivity contribution in [1.29, 1.82) is 0 Å². The Morgan fingerprint density at radius 1 is 1.15 bits per heavy atom. The predicted octanol–water partition coefficient (Wildman–Crippen LogP) is 2.88. The number of aromatic nitrogens is 3. The molecule has 0 unspecified atom stereocenters. The lowest BCUT2D eigenvalue weighted by Gasteiger charge is -2.15. The number of fused-ring (bicyclic) bond motifs is 1. The van der Waals surface area contributed by atoms with Crippen LogP contribution in [0.1, 0.15) is 13.8 Å². The Bertz CT molecular complexity index is 945. The Labute approximate surface area is 151 Å². The summed E-state index contributed by atoms with van der Waals surface area (Å²) in [6, 6.07) is 9.12.